The van der Waals surface area contributed by atoms with Gasteiger partial charge in [-0.15, -0.1) is 11.8 Å². The van der Waals surface area contributed by atoms with Crippen LogP contribution in [0.15, 0.2) is 23.1 Å². The van der Waals surface area contributed by atoms with Crippen LogP contribution in [-0.2, 0) is 0 Å². The van der Waals surface area contributed by atoms with Gasteiger partial charge in [0.1, 0.15) is 5.82 Å². The van der Waals surface area contributed by atoms with Crippen molar-refractivity contribution in [3.05, 3.63) is 24.0 Å². The van der Waals surface area contributed by atoms with Crippen molar-refractivity contribution in [2.24, 2.45) is 0 Å². The van der Waals surface area contributed by atoms with E-state index in [1.165, 1.54) is 6.07 Å². The van der Waals surface area contributed by atoms with Crippen LogP contribution in [0.25, 0.3) is 0 Å². The lowest BCUT2D eigenvalue weighted by molar-refractivity contribution is 0.255. The normalized spacial score (nSPS) is 17.2. The highest BCUT2D eigenvalue weighted by Gasteiger charge is 2.09. The third kappa shape index (κ3) is 3.87. The summed E-state index contributed by atoms with van der Waals surface area (Å²) in [5, 5.41) is 3.32. The molecule has 0 atom stereocenters. The number of piperazine rings is 1. The topological polar surface area (TPSA) is 41.3 Å². The number of halogens is 1. The second-order valence-corrected chi connectivity index (χ2v) is 5.27. The number of hydrogen-bond donors (Lipinski definition) is 2. The van der Waals surface area contributed by atoms with Crippen LogP contribution in [0.1, 0.15) is 0 Å². The fraction of sp³-hybridized carbons (Fsp3) is 0.500. The molecule has 1 aromatic rings. The Kier molecular flexibility index (Phi) is 4.65. The van der Waals surface area contributed by atoms with Crippen molar-refractivity contribution in [1.29, 1.82) is 0 Å². The van der Waals surface area contributed by atoms with Gasteiger partial charge < -0.3 is 11.1 Å². The Morgan fingerprint density at radius 3 is 2.82 bits per heavy atom. The maximum absolute atomic E-state index is 13.5. The summed E-state index contributed by atoms with van der Waals surface area (Å²) in [4.78, 5) is 3.09. The van der Waals surface area contributed by atoms with E-state index in [1.807, 2.05) is 0 Å². The summed E-state index contributed by atoms with van der Waals surface area (Å²) < 4.78 is 13.5. The number of nitrogens with zero attached hydrogens (tertiary/aromatic N) is 1. The summed E-state index contributed by atoms with van der Waals surface area (Å²) in [7, 11) is 0. The van der Waals surface area contributed by atoms with E-state index < -0.39 is 0 Å². The Morgan fingerprint density at radius 2 is 2.12 bits per heavy atom. The summed E-state index contributed by atoms with van der Waals surface area (Å²) >= 11 is 1.56. The highest BCUT2D eigenvalue weighted by Crippen LogP contribution is 2.23. The van der Waals surface area contributed by atoms with Crippen LogP contribution in [0, 0.1) is 5.82 Å². The van der Waals surface area contributed by atoms with Gasteiger partial charge in [0.05, 0.1) is 0 Å². The van der Waals surface area contributed by atoms with Crippen LogP contribution in [0.3, 0.4) is 0 Å². The van der Waals surface area contributed by atoms with Gasteiger partial charge in [0.2, 0.25) is 0 Å². The molecule has 0 amide bonds. The van der Waals surface area contributed by atoms with Crippen LogP contribution in [0.2, 0.25) is 0 Å². The van der Waals surface area contributed by atoms with Crippen molar-refractivity contribution in [3.63, 3.8) is 0 Å². The molecule has 0 bridgehead atoms. The van der Waals surface area contributed by atoms with E-state index in [2.05, 4.69) is 10.2 Å². The highest BCUT2D eigenvalue weighted by atomic mass is 32.2. The van der Waals surface area contributed by atoms with E-state index in [9.17, 15) is 4.39 Å². The largest absolute Gasteiger partial charge is 0.399 e. The molecule has 3 nitrogen and oxygen atoms in total. The zero-order valence-electron chi connectivity index (χ0n) is 9.79. The van der Waals surface area contributed by atoms with Gasteiger partial charge in [0.15, 0.2) is 0 Å². The molecule has 1 aliphatic rings. The molecule has 17 heavy (non-hydrogen) atoms. The standard InChI is InChI=1S/C12H18FN3S/c13-11-9-10(14)1-2-12(11)17-8-7-16-5-3-15-4-6-16/h1-2,9,15H,3-8,14H2. The van der Waals surface area contributed by atoms with Crippen LogP contribution in [0.5, 0.6) is 0 Å². The van der Waals surface area contributed by atoms with Gasteiger partial charge in [-0.1, -0.05) is 0 Å². The molecule has 0 aromatic heterocycles. The molecule has 1 saturated heterocycles. The first-order valence-electron chi connectivity index (χ1n) is 5.86. The Labute approximate surface area is 106 Å². The number of nitrogens with one attached hydrogen (secondary N) is 1. The number of anilines is 1. The van der Waals surface area contributed by atoms with Crippen LogP contribution in [-0.4, -0.2) is 43.4 Å². The van der Waals surface area contributed by atoms with Crippen molar-refractivity contribution >= 4 is 17.4 Å². The lowest BCUT2D eigenvalue weighted by Crippen LogP contribution is -2.44. The molecule has 0 aliphatic carbocycles. The maximum Gasteiger partial charge on any atom is 0.138 e. The summed E-state index contributed by atoms with van der Waals surface area (Å²) in [6.07, 6.45) is 0. The molecule has 1 heterocycles. The average Bonchev–Trinajstić information content (AvgIpc) is 2.33. The SMILES string of the molecule is Nc1ccc(SCCN2CCNCC2)c(F)c1. The second kappa shape index (κ2) is 6.23. The number of benzene rings is 1. The maximum atomic E-state index is 13.5. The Morgan fingerprint density at radius 1 is 1.35 bits per heavy atom. The fourth-order valence-electron chi connectivity index (χ4n) is 1.85. The van der Waals surface area contributed by atoms with Crippen LogP contribution in [0.4, 0.5) is 10.1 Å². The van der Waals surface area contributed by atoms with E-state index in [0.717, 1.165) is 38.5 Å². The van der Waals surface area contributed by atoms with Gasteiger partial charge in [-0.25, -0.2) is 4.39 Å². The van der Waals surface area contributed by atoms with E-state index in [0.29, 0.717) is 10.6 Å². The minimum atomic E-state index is -0.213. The third-order valence-electron chi connectivity index (χ3n) is 2.83. The smallest absolute Gasteiger partial charge is 0.138 e. The predicted molar refractivity (Wildman–Crippen MR) is 70.8 cm³/mol. The minimum Gasteiger partial charge on any atom is -0.399 e. The van der Waals surface area contributed by atoms with E-state index in [4.69, 9.17) is 5.73 Å². The van der Waals surface area contributed by atoms with Gasteiger partial charge in [-0.3, -0.25) is 4.90 Å². The fourth-order valence-corrected chi connectivity index (χ4v) is 2.78. The van der Waals surface area contributed by atoms with Gasteiger partial charge in [-0.05, 0) is 18.2 Å². The molecule has 0 spiro atoms. The molecule has 0 radical (unpaired) electrons. The van der Waals surface area contributed by atoms with E-state index in [1.54, 1.807) is 23.9 Å². The molecular formula is C12H18FN3S. The Hall–Kier alpha value is -0.780. The molecule has 1 fully saturated rings. The monoisotopic (exact) mass is 255 g/mol. The quantitative estimate of drug-likeness (QED) is 0.630. The van der Waals surface area contributed by atoms with Crippen molar-refractivity contribution in [3.8, 4) is 0 Å². The molecule has 1 aromatic carbocycles. The molecule has 5 heteroatoms. The van der Waals surface area contributed by atoms with Gasteiger partial charge in [0, 0.05) is 49.1 Å². The van der Waals surface area contributed by atoms with Gasteiger partial charge in [0.25, 0.3) is 0 Å². The summed E-state index contributed by atoms with van der Waals surface area (Å²) in [5.74, 6) is 0.705. The molecule has 0 saturated carbocycles. The zero-order valence-corrected chi connectivity index (χ0v) is 10.6. The number of hydrogen-bond acceptors (Lipinski definition) is 4. The molecule has 94 valence electrons. The lowest BCUT2D eigenvalue weighted by atomic mass is 10.3. The second-order valence-electron chi connectivity index (χ2n) is 4.13. The first-order chi connectivity index (χ1) is 8.25. The summed E-state index contributed by atoms with van der Waals surface area (Å²) in [6, 6.07) is 4.89. The Bertz CT molecular complexity index is 367. The highest BCUT2D eigenvalue weighted by molar-refractivity contribution is 7.99. The summed E-state index contributed by atoms with van der Waals surface area (Å²) in [6.45, 7) is 5.30. The average molecular weight is 255 g/mol. The molecule has 0 unspecified atom stereocenters. The molecule has 2 rings (SSSR count). The van der Waals surface area contributed by atoms with Gasteiger partial charge in [-0.2, -0.15) is 0 Å². The minimum absolute atomic E-state index is 0.213. The molecule has 1 aliphatic heterocycles. The van der Waals surface area contributed by atoms with Crippen LogP contribution >= 0.6 is 11.8 Å². The zero-order chi connectivity index (χ0) is 12.1. The number of rotatable bonds is 4. The number of nitrogens with two attached hydrogens (primary N) is 1. The number of nitrogen functional groups attached to an aromatic ring is 1. The first kappa shape index (κ1) is 12.7. The van der Waals surface area contributed by atoms with Crippen LogP contribution < -0.4 is 11.1 Å². The first-order valence-corrected chi connectivity index (χ1v) is 6.85. The Balaban J connectivity index is 1.77. The van der Waals surface area contributed by atoms with E-state index >= 15 is 0 Å². The van der Waals surface area contributed by atoms with E-state index in [-0.39, 0.29) is 5.82 Å². The molecule has 3 N–H and O–H groups in total. The predicted octanol–water partition coefficient (Wildman–Crippen LogP) is 1.41. The van der Waals surface area contributed by atoms with Crippen molar-refractivity contribution in [1.82, 2.24) is 10.2 Å². The number of thioether (sulfide) groups is 1. The third-order valence-corrected chi connectivity index (χ3v) is 3.86. The summed E-state index contributed by atoms with van der Waals surface area (Å²) in [5.41, 5.74) is 5.99. The lowest BCUT2D eigenvalue weighted by Gasteiger charge is -2.26. The van der Waals surface area contributed by atoms with Crippen molar-refractivity contribution in [2.75, 3.05) is 44.2 Å². The molecular weight excluding hydrogens is 237 g/mol. The van der Waals surface area contributed by atoms with Gasteiger partial charge >= 0.3 is 0 Å². The van der Waals surface area contributed by atoms with Crippen molar-refractivity contribution < 1.29 is 4.39 Å². The van der Waals surface area contributed by atoms with Crippen molar-refractivity contribution in [2.45, 2.75) is 4.90 Å².